The number of aliphatic hydroxyl groups excluding tert-OH is 3. The van der Waals surface area contributed by atoms with Crippen molar-refractivity contribution in [2.45, 2.75) is 43.0 Å². The highest BCUT2D eigenvalue weighted by Crippen LogP contribution is 2.44. The van der Waals surface area contributed by atoms with Crippen molar-refractivity contribution < 1.29 is 54.4 Å². The number of carboxylic acid groups (broad SMARTS) is 1. The lowest BCUT2D eigenvalue weighted by Crippen LogP contribution is -2.71. The number of benzene rings is 3. The van der Waals surface area contributed by atoms with Gasteiger partial charge in [0.2, 0.25) is 17.6 Å². The summed E-state index contributed by atoms with van der Waals surface area (Å²) < 4.78 is 17.1. The number of likely N-dealkylation sites (N-methyl/N-ethyl adjacent to an activating group) is 1. The first-order chi connectivity index (χ1) is 21.9. The molecule has 2 heterocycles. The number of ether oxygens (including phenoxy) is 2. The molecule has 8 N–H and O–H groups in total. The van der Waals surface area contributed by atoms with E-state index in [1.165, 1.54) is 18.7 Å². The molecule has 1 aromatic heterocycles. The number of aryl methyl sites for hydroxylation is 1. The Morgan fingerprint density at radius 1 is 0.978 bits per heavy atom. The normalized spacial score (nSPS) is 24.3. The molecular formula is C33H31NO12. The van der Waals surface area contributed by atoms with Gasteiger partial charge in [-0.25, -0.2) is 4.79 Å². The number of hydrogen-bond donors (Lipinski definition) is 8. The molecule has 3 aromatic carbocycles. The zero-order chi connectivity index (χ0) is 32.9. The van der Waals surface area contributed by atoms with E-state index in [2.05, 4.69) is 5.32 Å². The average Bonchev–Trinajstić information content (AvgIpc) is 3.04. The zero-order valence-electron chi connectivity index (χ0n) is 24.4. The molecule has 1 aliphatic heterocycles. The molecule has 13 heteroatoms. The van der Waals surface area contributed by atoms with Gasteiger partial charge < -0.3 is 55.0 Å². The molecule has 13 nitrogen and oxygen atoms in total. The fraction of sp³-hybridized carbons (Fsp3) is 0.273. The van der Waals surface area contributed by atoms with E-state index in [1.807, 2.05) is 30.3 Å². The van der Waals surface area contributed by atoms with Crippen molar-refractivity contribution in [3.63, 3.8) is 0 Å². The first-order valence-corrected chi connectivity index (χ1v) is 14.4. The summed E-state index contributed by atoms with van der Waals surface area (Å²) >= 11 is 0. The van der Waals surface area contributed by atoms with E-state index in [-0.39, 0.29) is 17.1 Å². The van der Waals surface area contributed by atoms with Crippen molar-refractivity contribution in [2.75, 3.05) is 13.6 Å². The maximum absolute atomic E-state index is 13.3. The van der Waals surface area contributed by atoms with Gasteiger partial charge in [0.15, 0.2) is 16.9 Å². The molecule has 0 unspecified atom stereocenters. The van der Waals surface area contributed by atoms with Crippen LogP contribution in [0.3, 0.4) is 0 Å². The van der Waals surface area contributed by atoms with Gasteiger partial charge in [-0.1, -0.05) is 30.3 Å². The third kappa shape index (κ3) is 5.13. The van der Waals surface area contributed by atoms with Gasteiger partial charge in [0, 0.05) is 24.2 Å². The van der Waals surface area contributed by atoms with E-state index in [0.717, 1.165) is 29.7 Å². The summed E-state index contributed by atoms with van der Waals surface area (Å²) in [4.78, 5) is 25.4. The predicted molar refractivity (Wildman–Crippen MR) is 163 cm³/mol. The van der Waals surface area contributed by atoms with Crippen LogP contribution in [0.15, 0.2) is 63.8 Å². The molecule has 1 fully saturated rings. The van der Waals surface area contributed by atoms with Gasteiger partial charge in [0.25, 0.3) is 0 Å². The van der Waals surface area contributed by atoms with Crippen LogP contribution < -0.4 is 15.5 Å². The lowest BCUT2D eigenvalue weighted by Gasteiger charge is -2.45. The fourth-order valence-electron chi connectivity index (χ4n) is 6.00. The number of carboxylic acids is 1. The Labute approximate surface area is 260 Å². The summed E-state index contributed by atoms with van der Waals surface area (Å²) in [6.45, 7) is -0.503. The van der Waals surface area contributed by atoms with Gasteiger partial charge in [0.1, 0.15) is 40.8 Å². The zero-order valence-corrected chi connectivity index (χ0v) is 24.4. The molecule has 1 aliphatic carbocycles. The van der Waals surface area contributed by atoms with Crippen LogP contribution in [0.5, 0.6) is 23.0 Å². The Morgan fingerprint density at radius 3 is 2.48 bits per heavy atom. The number of fused-ring (bicyclic) bond motifs is 2. The largest absolute Gasteiger partial charge is 0.508 e. The molecule has 0 saturated carbocycles. The molecule has 0 amide bonds. The highest BCUT2D eigenvalue weighted by Gasteiger charge is 2.59. The topological polar surface area (TPSA) is 219 Å². The molecular weight excluding hydrogens is 602 g/mol. The summed E-state index contributed by atoms with van der Waals surface area (Å²) in [6.07, 6.45) is -4.68. The summed E-state index contributed by atoms with van der Waals surface area (Å²) in [7, 11) is 1.38. The minimum Gasteiger partial charge on any atom is -0.508 e. The van der Waals surface area contributed by atoms with Gasteiger partial charge in [-0.05, 0) is 60.4 Å². The summed E-state index contributed by atoms with van der Waals surface area (Å²) in [6, 6.07) is 14.7. The fourth-order valence-corrected chi connectivity index (χ4v) is 6.00. The Bertz CT molecular complexity index is 1930. The Hall–Kier alpha value is -4.92. The number of aliphatic carboxylic acids is 1. The van der Waals surface area contributed by atoms with Crippen molar-refractivity contribution >= 4 is 28.6 Å². The summed E-state index contributed by atoms with van der Waals surface area (Å²) in [5.41, 5.74) is 0.717. The number of allylic oxidation sites excluding steroid dienone is 1. The number of phenols is 3. The predicted octanol–water partition coefficient (Wildman–Crippen LogP) is 1.92. The van der Waals surface area contributed by atoms with Crippen LogP contribution in [0.4, 0.5) is 0 Å². The van der Waals surface area contributed by atoms with Crippen LogP contribution in [0, 0.1) is 0 Å². The third-order valence-corrected chi connectivity index (χ3v) is 8.40. The number of nitrogens with one attached hydrogen (secondary N) is 1. The lowest BCUT2D eigenvalue weighted by atomic mass is 9.86. The molecule has 2 aliphatic rings. The van der Waals surface area contributed by atoms with E-state index in [9.17, 15) is 45.3 Å². The molecule has 5 atom stereocenters. The number of carbonyl (C=O) groups is 1. The average molecular weight is 634 g/mol. The van der Waals surface area contributed by atoms with E-state index in [4.69, 9.17) is 13.9 Å². The van der Waals surface area contributed by atoms with Crippen LogP contribution in [0.2, 0.25) is 0 Å². The molecule has 0 spiro atoms. The Balaban J connectivity index is 1.43. The first kappa shape index (κ1) is 31.1. The Morgan fingerprint density at radius 2 is 1.74 bits per heavy atom. The van der Waals surface area contributed by atoms with E-state index in [0.29, 0.717) is 17.5 Å². The number of aromatic hydroxyl groups is 3. The SMILES string of the molecule is CNC[C@]1(C(=O)O)O[C@@H](Oc2cc3oc(-c4ccc(O)cc4C4=Cc5ccccc5CC4)cc(=O)c3c(O)c2O)[C@H](O)[C@@H](O)[C@@H]1O. The summed E-state index contributed by atoms with van der Waals surface area (Å²) in [5.74, 6) is -4.06. The maximum atomic E-state index is 13.3. The molecule has 240 valence electrons. The maximum Gasteiger partial charge on any atom is 0.340 e. The molecule has 0 radical (unpaired) electrons. The molecule has 4 aromatic rings. The second-order valence-corrected chi connectivity index (χ2v) is 11.3. The third-order valence-electron chi connectivity index (χ3n) is 8.40. The standard InChI is InChI=1S/C33H31NO12/c1-34-14-33(32(42)43)30(41)28(39)29(40)31(46-33)45-24-13-23-25(27(38)26(24)37)21(36)12-22(44-23)19-9-8-18(35)11-20(19)17-7-6-15-4-2-3-5-16(15)10-17/h2-5,8-13,28-31,34-35,37-41H,6-7,14H2,1H3,(H,42,43)/t28-,29-,30+,31-,33+/m1/s1. The number of aliphatic hydroxyl groups is 3. The quantitative estimate of drug-likeness (QED) is 0.137. The van der Waals surface area contributed by atoms with Crippen LogP contribution in [-0.4, -0.2) is 85.5 Å². The van der Waals surface area contributed by atoms with Gasteiger partial charge in [0.05, 0.1) is 0 Å². The van der Waals surface area contributed by atoms with Crippen LogP contribution >= 0.6 is 0 Å². The summed E-state index contributed by atoms with van der Waals surface area (Å²) in [5, 5.41) is 75.4. The second-order valence-electron chi connectivity index (χ2n) is 11.3. The van der Waals surface area contributed by atoms with Crippen molar-refractivity contribution in [3.8, 4) is 34.3 Å². The number of phenolic OH excluding ortho intramolecular Hbond substituents is 3. The highest BCUT2D eigenvalue weighted by molar-refractivity contribution is 5.93. The van der Waals surface area contributed by atoms with Crippen molar-refractivity contribution in [1.29, 1.82) is 0 Å². The minimum atomic E-state index is -2.46. The van der Waals surface area contributed by atoms with Crippen molar-refractivity contribution in [1.82, 2.24) is 5.32 Å². The van der Waals surface area contributed by atoms with E-state index in [1.54, 1.807) is 12.1 Å². The molecule has 46 heavy (non-hydrogen) atoms. The molecule has 6 rings (SSSR count). The van der Waals surface area contributed by atoms with Crippen molar-refractivity contribution in [3.05, 3.63) is 81.5 Å². The second kappa shape index (κ2) is 11.8. The Kier molecular flexibility index (Phi) is 7.96. The number of hydrogen-bond acceptors (Lipinski definition) is 12. The minimum absolute atomic E-state index is 0.00560. The van der Waals surface area contributed by atoms with E-state index < -0.39 is 70.8 Å². The van der Waals surface area contributed by atoms with Gasteiger partial charge in [-0.3, -0.25) is 4.79 Å². The first-order valence-electron chi connectivity index (χ1n) is 14.4. The molecule has 1 saturated heterocycles. The van der Waals surface area contributed by atoms with Gasteiger partial charge >= 0.3 is 5.97 Å². The monoisotopic (exact) mass is 633 g/mol. The smallest absolute Gasteiger partial charge is 0.340 e. The van der Waals surface area contributed by atoms with Crippen LogP contribution in [0.25, 0.3) is 33.9 Å². The highest BCUT2D eigenvalue weighted by atomic mass is 16.7. The van der Waals surface area contributed by atoms with Crippen LogP contribution in [-0.2, 0) is 16.0 Å². The van der Waals surface area contributed by atoms with Gasteiger partial charge in [-0.15, -0.1) is 0 Å². The van der Waals surface area contributed by atoms with Crippen molar-refractivity contribution in [2.24, 2.45) is 0 Å². The van der Waals surface area contributed by atoms with E-state index >= 15 is 0 Å². The lowest BCUT2D eigenvalue weighted by molar-refractivity contribution is -0.305. The van der Waals surface area contributed by atoms with Gasteiger partial charge in [-0.2, -0.15) is 0 Å². The number of rotatable bonds is 7. The van der Waals surface area contributed by atoms with Crippen LogP contribution in [0.1, 0.15) is 23.1 Å². The molecule has 0 bridgehead atoms.